The van der Waals surface area contributed by atoms with Gasteiger partial charge < -0.3 is 24.8 Å². The number of carbonyl (C=O) groups excluding carboxylic acids is 3. The summed E-state index contributed by atoms with van der Waals surface area (Å²) < 4.78 is 15.7. The highest BCUT2D eigenvalue weighted by molar-refractivity contribution is 7.18. The quantitative estimate of drug-likeness (QED) is 0.614. The van der Waals surface area contributed by atoms with E-state index < -0.39 is 23.4 Å². The molecule has 0 saturated carbocycles. The van der Waals surface area contributed by atoms with Crippen LogP contribution in [-0.4, -0.2) is 38.1 Å². The van der Waals surface area contributed by atoms with E-state index in [1.54, 1.807) is 52.0 Å². The summed E-state index contributed by atoms with van der Waals surface area (Å²) in [6.45, 7) is 8.62. The fourth-order valence-corrected chi connectivity index (χ4v) is 3.41. The van der Waals surface area contributed by atoms with Crippen LogP contribution in [0, 0.1) is 12.3 Å². The molecule has 2 rings (SSSR count). The van der Waals surface area contributed by atoms with E-state index >= 15 is 0 Å². The molecular weight excluding hydrogens is 420 g/mol. The van der Waals surface area contributed by atoms with Gasteiger partial charge in [0.25, 0.3) is 5.91 Å². The third kappa shape index (κ3) is 6.21. The molecule has 0 bridgehead atoms. The van der Waals surface area contributed by atoms with E-state index in [2.05, 4.69) is 10.6 Å². The number of aryl methyl sites for hydroxylation is 1. The fraction of sp³-hybridized carbons (Fsp3) is 0.409. The summed E-state index contributed by atoms with van der Waals surface area (Å²) in [5.41, 5.74) is 0.488. The van der Waals surface area contributed by atoms with Crippen molar-refractivity contribution >= 4 is 39.8 Å². The number of nitrogens with one attached hydrogen (secondary N) is 2. The number of hydrogen-bond donors (Lipinski definition) is 2. The second-order valence-corrected chi connectivity index (χ2v) is 8.98. The number of anilines is 2. The first-order valence-electron chi connectivity index (χ1n) is 9.62. The highest BCUT2D eigenvalue weighted by Gasteiger charge is 2.25. The Morgan fingerprint density at radius 3 is 2.29 bits per heavy atom. The highest BCUT2D eigenvalue weighted by atomic mass is 32.1. The van der Waals surface area contributed by atoms with E-state index in [1.807, 2.05) is 0 Å². The first-order valence-corrected chi connectivity index (χ1v) is 10.4. The topological polar surface area (TPSA) is 103 Å². The van der Waals surface area contributed by atoms with Gasteiger partial charge in [-0.25, -0.2) is 4.79 Å². The lowest BCUT2D eigenvalue weighted by molar-refractivity contribution is -0.124. The zero-order chi connectivity index (χ0) is 23.3. The van der Waals surface area contributed by atoms with Gasteiger partial charge in [0, 0.05) is 11.5 Å². The normalized spacial score (nSPS) is 12.0. The average Bonchev–Trinajstić information content (AvgIpc) is 3.07. The van der Waals surface area contributed by atoms with Crippen LogP contribution < -0.4 is 20.1 Å². The van der Waals surface area contributed by atoms with Crippen molar-refractivity contribution in [3.8, 4) is 11.5 Å². The smallest absolute Gasteiger partial charge is 0.349 e. The molecule has 0 spiro atoms. The predicted octanol–water partition coefficient (Wildman–Crippen LogP) is 4.24. The van der Waals surface area contributed by atoms with Gasteiger partial charge in [-0.15, -0.1) is 11.3 Å². The minimum atomic E-state index is -1.06. The molecule has 8 nitrogen and oxygen atoms in total. The number of amides is 2. The summed E-state index contributed by atoms with van der Waals surface area (Å²) in [4.78, 5) is 37.7. The molecule has 2 N–H and O–H groups in total. The number of benzene rings is 1. The van der Waals surface area contributed by atoms with E-state index in [-0.39, 0.29) is 5.91 Å². The molecule has 1 unspecified atom stereocenters. The number of ether oxygens (including phenoxy) is 3. The van der Waals surface area contributed by atoms with Gasteiger partial charge in [0.05, 0.1) is 24.9 Å². The van der Waals surface area contributed by atoms with Gasteiger partial charge in [-0.1, -0.05) is 20.8 Å². The summed E-state index contributed by atoms with van der Waals surface area (Å²) in [5, 5.41) is 6.02. The Bertz CT molecular complexity index is 977. The monoisotopic (exact) mass is 448 g/mol. The number of esters is 1. The molecule has 0 saturated heterocycles. The predicted molar refractivity (Wildman–Crippen MR) is 120 cm³/mol. The molecule has 0 aliphatic carbocycles. The van der Waals surface area contributed by atoms with Crippen LogP contribution in [0.2, 0.25) is 0 Å². The van der Waals surface area contributed by atoms with Gasteiger partial charge in [-0.2, -0.15) is 0 Å². The molecule has 0 radical (unpaired) electrons. The molecule has 0 aliphatic rings. The minimum Gasteiger partial charge on any atom is -0.497 e. The Morgan fingerprint density at radius 1 is 1.03 bits per heavy atom. The number of hydrogen-bond acceptors (Lipinski definition) is 7. The first kappa shape index (κ1) is 24.2. The fourth-order valence-electron chi connectivity index (χ4n) is 2.46. The van der Waals surface area contributed by atoms with Gasteiger partial charge in [-0.05, 0) is 37.6 Å². The third-order valence-electron chi connectivity index (χ3n) is 4.34. The number of carbonyl (C=O) groups is 3. The van der Waals surface area contributed by atoms with Crippen LogP contribution in [0.3, 0.4) is 0 Å². The second kappa shape index (κ2) is 9.82. The molecule has 0 aliphatic heterocycles. The maximum Gasteiger partial charge on any atom is 0.349 e. The van der Waals surface area contributed by atoms with Crippen LogP contribution in [-0.2, 0) is 14.3 Å². The molecule has 0 fully saturated rings. The van der Waals surface area contributed by atoms with E-state index in [0.717, 1.165) is 11.3 Å². The Kier molecular flexibility index (Phi) is 7.67. The van der Waals surface area contributed by atoms with Gasteiger partial charge in [0.1, 0.15) is 16.4 Å². The van der Waals surface area contributed by atoms with Crippen LogP contribution in [0.1, 0.15) is 42.9 Å². The molecule has 2 amide bonds. The summed E-state index contributed by atoms with van der Waals surface area (Å²) in [5.74, 6) is -0.330. The summed E-state index contributed by atoms with van der Waals surface area (Å²) in [6.07, 6.45) is -1.06. The molecule has 2 aromatic rings. The molecule has 9 heteroatoms. The Balaban J connectivity index is 2.07. The summed E-state index contributed by atoms with van der Waals surface area (Å²) in [6, 6.07) is 6.68. The molecular formula is C22H28N2O6S. The zero-order valence-electron chi connectivity index (χ0n) is 18.7. The van der Waals surface area contributed by atoms with E-state index in [1.165, 1.54) is 21.1 Å². The number of thiophene rings is 1. The van der Waals surface area contributed by atoms with Crippen LogP contribution in [0.25, 0.3) is 0 Å². The van der Waals surface area contributed by atoms with Crippen molar-refractivity contribution in [3.63, 3.8) is 0 Å². The Hall–Kier alpha value is -3.07. The largest absolute Gasteiger partial charge is 0.497 e. The molecule has 31 heavy (non-hydrogen) atoms. The molecule has 1 heterocycles. The van der Waals surface area contributed by atoms with Crippen molar-refractivity contribution in [1.29, 1.82) is 0 Å². The number of methoxy groups -OCH3 is 2. The van der Waals surface area contributed by atoms with Crippen molar-refractivity contribution in [2.24, 2.45) is 5.41 Å². The van der Waals surface area contributed by atoms with Gasteiger partial charge in [0.15, 0.2) is 6.10 Å². The average molecular weight is 449 g/mol. The second-order valence-electron chi connectivity index (χ2n) is 7.93. The SMILES string of the molecule is COc1ccc(OC)c(NC(=O)C(C)OC(=O)c2sc(NC(=O)C(C)(C)C)cc2C)c1. The molecule has 1 aromatic carbocycles. The lowest BCUT2D eigenvalue weighted by Gasteiger charge is -2.16. The van der Waals surface area contributed by atoms with E-state index in [4.69, 9.17) is 14.2 Å². The van der Waals surface area contributed by atoms with Crippen molar-refractivity contribution in [2.45, 2.75) is 40.7 Å². The first-order chi connectivity index (χ1) is 14.5. The maximum atomic E-state index is 12.6. The zero-order valence-corrected chi connectivity index (χ0v) is 19.6. The number of rotatable bonds is 7. The van der Waals surface area contributed by atoms with Crippen molar-refractivity contribution in [3.05, 3.63) is 34.7 Å². The summed E-state index contributed by atoms with van der Waals surface area (Å²) >= 11 is 1.11. The highest BCUT2D eigenvalue weighted by Crippen LogP contribution is 2.31. The van der Waals surface area contributed by atoms with E-state index in [9.17, 15) is 14.4 Å². The van der Waals surface area contributed by atoms with Crippen LogP contribution >= 0.6 is 11.3 Å². The maximum absolute atomic E-state index is 12.6. The van der Waals surface area contributed by atoms with Crippen LogP contribution in [0.5, 0.6) is 11.5 Å². The standard InChI is InChI=1S/C22H28N2O6S/c1-12-10-17(24-21(27)22(3,4)5)31-18(12)20(26)30-13(2)19(25)23-15-11-14(28-6)8-9-16(15)29-7/h8-11,13H,1-7H3,(H,23,25)(H,24,27). The molecule has 168 valence electrons. The van der Waals surface area contributed by atoms with Crippen molar-refractivity contribution < 1.29 is 28.6 Å². The minimum absolute atomic E-state index is 0.159. The van der Waals surface area contributed by atoms with Gasteiger partial charge in [-0.3, -0.25) is 9.59 Å². The summed E-state index contributed by atoms with van der Waals surface area (Å²) in [7, 11) is 3.00. The van der Waals surface area contributed by atoms with Gasteiger partial charge in [0.2, 0.25) is 5.91 Å². The third-order valence-corrected chi connectivity index (χ3v) is 5.47. The molecule has 1 atom stereocenters. The van der Waals surface area contributed by atoms with Crippen molar-refractivity contribution in [2.75, 3.05) is 24.9 Å². The van der Waals surface area contributed by atoms with Crippen LogP contribution in [0.4, 0.5) is 10.7 Å². The van der Waals surface area contributed by atoms with Crippen LogP contribution in [0.15, 0.2) is 24.3 Å². The molecule has 1 aromatic heterocycles. The van der Waals surface area contributed by atoms with E-state index in [0.29, 0.717) is 32.6 Å². The lowest BCUT2D eigenvalue weighted by atomic mass is 9.96. The van der Waals surface area contributed by atoms with Crippen molar-refractivity contribution in [1.82, 2.24) is 0 Å². The Morgan fingerprint density at radius 2 is 1.71 bits per heavy atom. The Labute approximate surface area is 185 Å². The lowest BCUT2D eigenvalue weighted by Crippen LogP contribution is -2.30. The van der Waals surface area contributed by atoms with Gasteiger partial charge >= 0.3 is 5.97 Å².